The lowest BCUT2D eigenvalue weighted by molar-refractivity contribution is -0.305. The lowest BCUT2D eigenvalue weighted by atomic mass is 9.88. The molecular formula is C20H33O5-. The van der Waals surface area contributed by atoms with Gasteiger partial charge in [0.25, 0.3) is 0 Å². The summed E-state index contributed by atoms with van der Waals surface area (Å²) < 4.78 is 0. The van der Waals surface area contributed by atoms with Crippen LogP contribution in [0, 0.1) is 11.8 Å². The molecule has 1 saturated carbocycles. The molecule has 1 fully saturated rings. The lowest BCUT2D eigenvalue weighted by Gasteiger charge is -2.18. The van der Waals surface area contributed by atoms with E-state index in [4.69, 9.17) is 0 Å². The Morgan fingerprint density at radius 1 is 1.24 bits per heavy atom. The zero-order valence-corrected chi connectivity index (χ0v) is 15.4. The number of carboxylic acid groups (broad SMARTS) is 1. The van der Waals surface area contributed by atoms with Crippen LogP contribution >= 0.6 is 0 Å². The van der Waals surface area contributed by atoms with Crippen molar-refractivity contribution in [2.45, 2.75) is 89.8 Å². The second-order valence-electron chi connectivity index (χ2n) is 7.19. The Morgan fingerprint density at radius 3 is 2.64 bits per heavy atom. The van der Waals surface area contributed by atoms with Gasteiger partial charge in [0.1, 0.15) is 5.78 Å². The van der Waals surface area contributed by atoms with Crippen molar-refractivity contribution in [2.75, 3.05) is 0 Å². The fourth-order valence-corrected chi connectivity index (χ4v) is 3.54. The van der Waals surface area contributed by atoms with Gasteiger partial charge in [0, 0.05) is 24.2 Å². The smallest absolute Gasteiger partial charge is 0.139 e. The maximum Gasteiger partial charge on any atom is 0.139 e. The fourth-order valence-electron chi connectivity index (χ4n) is 3.54. The van der Waals surface area contributed by atoms with Crippen LogP contribution in [0.15, 0.2) is 12.2 Å². The summed E-state index contributed by atoms with van der Waals surface area (Å²) >= 11 is 0. The molecule has 0 aliphatic heterocycles. The molecule has 144 valence electrons. The highest BCUT2D eigenvalue weighted by Crippen LogP contribution is 2.34. The number of unbranched alkanes of at least 4 members (excludes halogenated alkanes) is 5. The number of Topliss-reactive ketones (excluding diaryl/α,β-unsaturated/α-hetero) is 1. The predicted octanol–water partition coefficient (Wildman–Crippen LogP) is 2.14. The van der Waals surface area contributed by atoms with Crippen molar-refractivity contribution in [1.82, 2.24) is 0 Å². The van der Waals surface area contributed by atoms with Crippen molar-refractivity contribution in [2.24, 2.45) is 11.8 Å². The number of aliphatic hydroxyl groups excluding tert-OH is 2. The number of carboxylic acids is 1. The first-order valence-electron chi connectivity index (χ1n) is 9.72. The Labute approximate surface area is 151 Å². The van der Waals surface area contributed by atoms with Gasteiger partial charge >= 0.3 is 0 Å². The highest BCUT2D eigenvalue weighted by atomic mass is 16.4. The van der Waals surface area contributed by atoms with E-state index in [-0.39, 0.29) is 30.5 Å². The van der Waals surface area contributed by atoms with Crippen molar-refractivity contribution < 1.29 is 24.9 Å². The third-order valence-electron chi connectivity index (χ3n) is 5.04. The third kappa shape index (κ3) is 8.63. The fraction of sp³-hybridized carbons (Fsp3) is 0.800. The maximum atomic E-state index is 12.1. The predicted molar refractivity (Wildman–Crippen MR) is 94.6 cm³/mol. The molecule has 0 radical (unpaired) electrons. The van der Waals surface area contributed by atoms with E-state index in [0.29, 0.717) is 19.3 Å². The van der Waals surface area contributed by atoms with Gasteiger partial charge in [0.05, 0.1) is 12.2 Å². The van der Waals surface area contributed by atoms with Gasteiger partial charge in [-0.3, -0.25) is 4.79 Å². The van der Waals surface area contributed by atoms with E-state index in [9.17, 15) is 24.9 Å². The second-order valence-corrected chi connectivity index (χ2v) is 7.19. The highest BCUT2D eigenvalue weighted by Gasteiger charge is 2.39. The molecule has 0 aromatic heterocycles. The standard InChI is InChI=1S/C20H34O5/c1-2-3-6-9-15(21)12-13-17-16(18(22)14-19(17)23)10-7-4-5-8-11-20(24)25/h12-13,15-17,19,21,23H,2-11,14H2,1H3,(H,24,25)/p-1/b13-12+/t15-,16?,17+,19+/m0/s1. The Balaban J connectivity index is 2.39. The topological polar surface area (TPSA) is 97.7 Å². The van der Waals surface area contributed by atoms with Crippen LogP contribution in [0.3, 0.4) is 0 Å². The summed E-state index contributed by atoms with van der Waals surface area (Å²) in [6.07, 6.45) is 10.4. The van der Waals surface area contributed by atoms with Crippen LogP contribution in [-0.2, 0) is 9.59 Å². The van der Waals surface area contributed by atoms with Crippen LogP contribution in [0.1, 0.15) is 77.6 Å². The third-order valence-corrected chi connectivity index (χ3v) is 5.04. The largest absolute Gasteiger partial charge is 0.550 e. The zero-order chi connectivity index (χ0) is 18.7. The van der Waals surface area contributed by atoms with Gasteiger partial charge in [-0.2, -0.15) is 0 Å². The number of carbonyl (C=O) groups is 2. The molecule has 25 heavy (non-hydrogen) atoms. The van der Waals surface area contributed by atoms with E-state index in [1.807, 2.05) is 6.08 Å². The maximum absolute atomic E-state index is 12.1. The first kappa shape index (κ1) is 21.8. The van der Waals surface area contributed by atoms with E-state index in [2.05, 4.69) is 6.92 Å². The van der Waals surface area contributed by atoms with Gasteiger partial charge in [0.15, 0.2) is 0 Å². The molecule has 4 atom stereocenters. The van der Waals surface area contributed by atoms with Crippen LogP contribution in [0.2, 0.25) is 0 Å². The molecule has 0 bridgehead atoms. The summed E-state index contributed by atoms with van der Waals surface area (Å²) in [5.74, 6) is -1.32. The van der Waals surface area contributed by atoms with Crippen molar-refractivity contribution in [3.05, 3.63) is 12.2 Å². The molecular weight excluding hydrogens is 320 g/mol. The average molecular weight is 353 g/mol. The molecule has 2 N–H and O–H groups in total. The van der Waals surface area contributed by atoms with E-state index >= 15 is 0 Å². The highest BCUT2D eigenvalue weighted by molar-refractivity contribution is 5.84. The summed E-state index contributed by atoms with van der Waals surface area (Å²) in [5, 5.41) is 30.5. The van der Waals surface area contributed by atoms with Crippen LogP contribution in [-0.4, -0.2) is 34.2 Å². The van der Waals surface area contributed by atoms with Crippen molar-refractivity contribution in [3.63, 3.8) is 0 Å². The van der Waals surface area contributed by atoms with E-state index in [1.54, 1.807) is 6.08 Å². The van der Waals surface area contributed by atoms with Gasteiger partial charge in [-0.15, -0.1) is 0 Å². The molecule has 1 rings (SSSR count). The van der Waals surface area contributed by atoms with E-state index < -0.39 is 18.2 Å². The first-order valence-corrected chi connectivity index (χ1v) is 9.72. The number of hydrogen-bond acceptors (Lipinski definition) is 5. The van der Waals surface area contributed by atoms with Gasteiger partial charge in [-0.05, 0) is 25.7 Å². The Morgan fingerprint density at radius 2 is 1.96 bits per heavy atom. The molecule has 5 heteroatoms. The number of carbonyl (C=O) groups excluding carboxylic acids is 2. The van der Waals surface area contributed by atoms with E-state index in [0.717, 1.165) is 38.5 Å². The van der Waals surface area contributed by atoms with Crippen LogP contribution in [0.5, 0.6) is 0 Å². The van der Waals surface area contributed by atoms with Crippen molar-refractivity contribution in [1.29, 1.82) is 0 Å². The minimum atomic E-state index is -1.02. The SMILES string of the molecule is CCCCC[C@H](O)/C=C/[C@@H]1C(CCCCCCC(=O)[O-])C(=O)C[C@H]1O. The Hall–Kier alpha value is -1.20. The first-order chi connectivity index (χ1) is 12.0. The summed E-state index contributed by atoms with van der Waals surface area (Å²) in [6, 6.07) is 0. The Bertz CT molecular complexity index is 432. The number of aliphatic carboxylic acids is 1. The van der Waals surface area contributed by atoms with Crippen LogP contribution in [0.4, 0.5) is 0 Å². The second kappa shape index (κ2) is 12.2. The minimum Gasteiger partial charge on any atom is -0.550 e. The molecule has 5 nitrogen and oxygen atoms in total. The molecule has 1 aliphatic rings. The normalized spacial score (nSPS) is 24.9. The molecule has 0 heterocycles. The van der Waals surface area contributed by atoms with Crippen LogP contribution in [0.25, 0.3) is 0 Å². The van der Waals surface area contributed by atoms with Gasteiger partial charge < -0.3 is 20.1 Å². The van der Waals surface area contributed by atoms with Crippen LogP contribution < -0.4 is 5.11 Å². The Kier molecular flexibility index (Phi) is 10.7. The van der Waals surface area contributed by atoms with Crippen molar-refractivity contribution in [3.8, 4) is 0 Å². The van der Waals surface area contributed by atoms with Crippen molar-refractivity contribution >= 4 is 11.8 Å². The summed E-state index contributed by atoms with van der Waals surface area (Å²) in [5.41, 5.74) is 0. The molecule has 1 unspecified atom stereocenters. The zero-order valence-electron chi connectivity index (χ0n) is 15.4. The number of hydrogen-bond donors (Lipinski definition) is 2. The molecule has 1 aliphatic carbocycles. The molecule has 0 saturated heterocycles. The summed E-state index contributed by atoms with van der Waals surface area (Å²) in [4.78, 5) is 22.5. The number of aliphatic hydroxyl groups is 2. The quantitative estimate of drug-likeness (QED) is 0.390. The monoisotopic (exact) mass is 353 g/mol. The molecule has 0 aromatic rings. The minimum absolute atomic E-state index is 0.0857. The van der Waals surface area contributed by atoms with Gasteiger partial charge in [-0.25, -0.2) is 0 Å². The summed E-state index contributed by atoms with van der Waals surface area (Å²) in [6.45, 7) is 2.12. The van der Waals surface area contributed by atoms with Gasteiger partial charge in [-0.1, -0.05) is 57.6 Å². The lowest BCUT2D eigenvalue weighted by Crippen LogP contribution is -2.21. The number of rotatable bonds is 13. The average Bonchev–Trinajstić information content (AvgIpc) is 2.82. The van der Waals surface area contributed by atoms with E-state index in [1.165, 1.54) is 0 Å². The molecule has 0 aromatic carbocycles. The number of ketones is 1. The van der Waals surface area contributed by atoms with Gasteiger partial charge in [0.2, 0.25) is 0 Å². The summed E-state index contributed by atoms with van der Waals surface area (Å²) in [7, 11) is 0. The molecule has 0 amide bonds. The molecule has 0 spiro atoms.